The summed E-state index contributed by atoms with van der Waals surface area (Å²) in [5.74, 6) is -1.34. The van der Waals surface area contributed by atoms with Gasteiger partial charge in [-0.3, -0.25) is 9.59 Å². The molecule has 2 heterocycles. The Morgan fingerprint density at radius 3 is 2.68 bits per heavy atom. The Hall–Kier alpha value is -2.39. The second-order valence-corrected chi connectivity index (χ2v) is 8.76. The number of carbonyl (C=O) groups excluding carboxylic acids is 2. The van der Waals surface area contributed by atoms with E-state index in [1.807, 2.05) is 0 Å². The second kappa shape index (κ2) is 10.3. The predicted molar refractivity (Wildman–Crippen MR) is 114 cm³/mol. The molecule has 9 heteroatoms. The predicted octanol–water partition coefficient (Wildman–Crippen LogP) is 3.49. The maximum Gasteiger partial charge on any atom is 0.276 e. The molecule has 1 aliphatic heterocycles. The quantitative estimate of drug-likeness (QED) is 0.704. The minimum Gasteiger partial charge on any atom is -0.376 e. The van der Waals surface area contributed by atoms with Crippen LogP contribution in [0.4, 0.5) is 4.39 Å². The van der Waals surface area contributed by atoms with Gasteiger partial charge in [-0.15, -0.1) is 5.10 Å². The fourth-order valence-corrected chi connectivity index (χ4v) is 4.82. The Kier molecular flexibility index (Phi) is 7.24. The lowest BCUT2D eigenvalue weighted by Gasteiger charge is -2.34. The first-order chi connectivity index (χ1) is 15.1. The molecule has 2 amide bonds. The number of rotatable bonds is 7. The highest BCUT2D eigenvalue weighted by Crippen LogP contribution is 2.29. The zero-order valence-electron chi connectivity index (χ0n) is 17.3. The van der Waals surface area contributed by atoms with Crippen molar-refractivity contribution in [3.63, 3.8) is 0 Å². The van der Waals surface area contributed by atoms with Gasteiger partial charge < -0.3 is 15.0 Å². The highest BCUT2D eigenvalue weighted by molar-refractivity contribution is 7.03. The van der Waals surface area contributed by atoms with Crippen molar-refractivity contribution in [2.75, 3.05) is 13.2 Å². The molecule has 2 aliphatic rings. The van der Waals surface area contributed by atoms with Gasteiger partial charge in [0.25, 0.3) is 5.91 Å². The van der Waals surface area contributed by atoms with Gasteiger partial charge in [0, 0.05) is 30.1 Å². The molecule has 1 saturated carbocycles. The Balaban J connectivity index is 1.68. The number of carbonyl (C=O) groups is 2. The minimum atomic E-state index is -1.11. The zero-order chi connectivity index (χ0) is 21.6. The number of ether oxygens (including phenoxy) is 1. The minimum absolute atomic E-state index is 0.0381. The summed E-state index contributed by atoms with van der Waals surface area (Å²) in [6.07, 6.45) is 6.53. The molecule has 1 aromatic carbocycles. The molecular weight excluding hydrogens is 419 g/mol. The van der Waals surface area contributed by atoms with E-state index in [1.54, 1.807) is 23.6 Å². The van der Waals surface area contributed by atoms with E-state index in [9.17, 15) is 14.0 Å². The van der Waals surface area contributed by atoms with Gasteiger partial charge in [-0.25, -0.2) is 4.39 Å². The summed E-state index contributed by atoms with van der Waals surface area (Å²) in [4.78, 5) is 28.3. The Morgan fingerprint density at radius 1 is 1.19 bits per heavy atom. The van der Waals surface area contributed by atoms with E-state index in [0.29, 0.717) is 6.61 Å². The number of hydrogen-bond donors (Lipinski definition) is 1. The van der Waals surface area contributed by atoms with Crippen LogP contribution >= 0.6 is 11.5 Å². The van der Waals surface area contributed by atoms with Gasteiger partial charge in [-0.1, -0.05) is 41.9 Å². The van der Waals surface area contributed by atoms with Crippen molar-refractivity contribution in [1.29, 1.82) is 0 Å². The molecule has 1 aromatic heterocycles. The zero-order valence-corrected chi connectivity index (χ0v) is 18.2. The molecule has 1 saturated heterocycles. The van der Waals surface area contributed by atoms with E-state index >= 15 is 0 Å². The van der Waals surface area contributed by atoms with E-state index in [1.165, 1.54) is 11.0 Å². The summed E-state index contributed by atoms with van der Waals surface area (Å²) in [6.45, 7) is 0.803. The van der Waals surface area contributed by atoms with Gasteiger partial charge in [0.15, 0.2) is 5.69 Å². The fourth-order valence-electron chi connectivity index (χ4n) is 4.39. The van der Waals surface area contributed by atoms with E-state index in [0.717, 1.165) is 56.5 Å². The van der Waals surface area contributed by atoms with Crippen LogP contribution in [0.5, 0.6) is 0 Å². The fraction of sp³-hybridized carbons (Fsp3) is 0.545. The monoisotopic (exact) mass is 446 g/mol. The Bertz CT molecular complexity index is 883. The third kappa shape index (κ3) is 5.27. The molecule has 0 bridgehead atoms. The number of amides is 2. The van der Waals surface area contributed by atoms with Crippen LogP contribution in [0.25, 0.3) is 0 Å². The molecule has 31 heavy (non-hydrogen) atoms. The van der Waals surface area contributed by atoms with Crippen molar-refractivity contribution in [2.45, 2.75) is 63.1 Å². The van der Waals surface area contributed by atoms with Crippen molar-refractivity contribution >= 4 is 23.3 Å². The molecule has 0 unspecified atom stereocenters. The van der Waals surface area contributed by atoms with Crippen LogP contribution in [0.2, 0.25) is 0 Å². The maximum absolute atomic E-state index is 14.9. The topological polar surface area (TPSA) is 84.4 Å². The maximum atomic E-state index is 14.9. The Morgan fingerprint density at radius 2 is 2.00 bits per heavy atom. The molecule has 2 atom stereocenters. The van der Waals surface area contributed by atoms with Gasteiger partial charge in [0.2, 0.25) is 5.91 Å². The number of nitrogens with zero attached hydrogens (tertiary/aromatic N) is 3. The van der Waals surface area contributed by atoms with Crippen LogP contribution in [-0.4, -0.2) is 51.6 Å². The first kappa shape index (κ1) is 21.8. The van der Waals surface area contributed by atoms with Gasteiger partial charge in [0.1, 0.15) is 11.9 Å². The first-order valence-electron chi connectivity index (χ1n) is 10.9. The van der Waals surface area contributed by atoms with Crippen molar-refractivity contribution in [3.8, 4) is 0 Å². The van der Waals surface area contributed by atoms with E-state index in [-0.39, 0.29) is 35.9 Å². The van der Waals surface area contributed by atoms with Crippen LogP contribution in [0.1, 0.15) is 67.0 Å². The molecule has 0 spiro atoms. The summed E-state index contributed by atoms with van der Waals surface area (Å²) in [7, 11) is 0. The molecular formula is C22H27FN4O3S. The largest absolute Gasteiger partial charge is 0.376 e. The normalized spacial score (nSPS) is 20.4. The van der Waals surface area contributed by atoms with Crippen LogP contribution in [0, 0.1) is 5.82 Å². The molecule has 1 N–H and O–H groups in total. The van der Waals surface area contributed by atoms with Crippen molar-refractivity contribution < 1.29 is 18.7 Å². The summed E-state index contributed by atoms with van der Waals surface area (Å²) >= 11 is 1.06. The van der Waals surface area contributed by atoms with Gasteiger partial charge >= 0.3 is 0 Å². The van der Waals surface area contributed by atoms with Crippen molar-refractivity contribution in [1.82, 2.24) is 19.8 Å². The standard InChI is InChI=1S/C22H27FN4O3S/c23-18-11-5-4-10-17(18)20(21(28)24-15-7-2-1-3-8-15)27(13-16-9-6-12-30-16)22(29)19-14-31-26-25-19/h4-5,10-11,14-16,20H,1-3,6-9,12-13H2,(H,24,28)/t16-,20-/m1/s1. The summed E-state index contributed by atoms with van der Waals surface area (Å²) in [5, 5.41) is 8.52. The molecule has 4 rings (SSSR count). The average molecular weight is 447 g/mol. The van der Waals surface area contributed by atoms with Crippen LogP contribution in [0.15, 0.2) is 29.6 Å². The van der Waals surface area contributed by atoms with Gasteiger partial charge in [0.05, 0.1) is 6.10 Å². The van der Waals surface area contributed by atoms with E-state index in [4.69, 9.17) is 4.74 Å². The summed E-state index contributed by atoms with van der Waals surface area (Å²) in [6, 6.07) is 5.06. The first-order valence-corrected chi connectivity index (χ1v) is 11.7. The number of aromatic nitrogens is 2. The molecule has 166 valence electrons. The third-order valence-corrected chi connectivity index (χ3v) is 6.48. The molecule has 2 fully saturated rings. The smallest absolute Gasteiger partial charge is 0.276 e. The van der Waals surface area contributed by atoms with Crippen molar-refractivity contribution in [2.24, 2.45) is 0 Å². The third-order valence-electron chi connectivity index (χ3n) is 5.98. The summed E-state index contributed by atoms with van der Waals surface area (Å²) in [5.41, 5.74) is 0.320. The highest BCUT2D eigenvalue weighted by atomic mass is 32.1. The second-order valence-electron chi connectivity index (χ2n) is 8.15. The van der Waals surface area contributed by atoms with E-state index in [2.05, 4.69) is 14.9 Å². The average Bonchev–Trinajstić information content (AvgIpc) is 3.49. The number of nitrogens with one attached hydrogen (secondary N) is 1. The lowest BCUT2D eigenvalue weighted by molar-refractivity contribution is -0.127. The summed E-state index contributed by atoms with van der Waals surface area (Å²) < 4.78 is 24.4. The van der Waals surface area contributed by atoms with Crippen LogP contribution < -0.4 is 5.32 Å². The highest BCUT2D eigenvalue weighted by Gasteiger charge is 2.37. The van der Waals surface area contributed by atoms with E-state index < -0.39 is 17.8 Å². The van der Waals surface area contributed by atoms with Gasteiger partial charge in [-0.2, -0.15) is 0 Å². The lowest BCUT2D eigenvalue weighted by Crippen LogP contribution is -2.49. The van der Waals surface area contributed by atoms with Crippen LogP contribution in [0.3, 0.4) is 0 Å². The Labute approximate surface area is 185 Å². The van der Waals surface area contributed by atoms with Crippen molar-refractivity contribution in [3.05, 3.63) is 46.7 Å². The number of benzene rings is 1. The van der Waals surface area contributed by atoms with Crippen LogP contribution in [-0.2, 0) is 9.53 Å². The number of hydrogen-bond acceptors (Lipinski definition) is 6. The number of halogens is 1. The SMILES string of the molecule is O=C(NC1CCCCC1)[C@@H](c1ccccc1F)N(C[C@H]1CCCO1)C(=O)c1csnn1. The molecule has 0 radical (unpaired) electrons. The van der Waals surface area contributed by atoms with Gasteiger partial charge in [-0.05, 0) is 43.3 Å². The lowest BCUT2D eigenvalue weighted by atomic mass is 9.94. The molecule has 1 aliphatic carbocycles. The molecule has 7 nitrogen and oxygen atoms in total. The molecule has 2 aromatic rings.